The highest BCUT2D eigenvalue weighted by molar-refractivity contribution is 5.94. The highest BCUT2D eigenvalue weighted by Crippen LogP contribution is 2.14. The van der Waals surface area contributed by atoms with Crippen LogP contribution >= 0.6 is 0 Å². The van der Waals surface area contributed by atoms with Crippen LogP contribution < -0.4 is 15.1 Å². The Bertz CT molecular complexity index is 503. The van der Waals surface area contributed by atoms with Crippen LogP contribution in [0, 0.1) is 5.82 Å². The zero-order valence-corrected chi connectivity index (χ0v) is 13.6. The van der Waals surface area contributed by atoms with E-state index in [9.17, 15) is 14.0 Å². The minimum Gasteiger partial charge on any atom is -0.349 e. The van der Waals surface area contributed by atoms with Crippen molar-refractivity contribution in [2.24, 2.45) is 0 Å². The van der Waals surface area contributed by atoms with E-state index >= 15 is 0 Å². The molecule has 0 radical (unpaired) electrons. The number of carbonyl (C=O) groups is 2. The van der Waals surface area contributed by atoms with Gasteiger partial charge in [0.1, 0.15) is 5.82 Å². The van der Waals surface area contributed by atoms with Crippen LogP contribution in [0.15, 0.2) is 24.3 Å². The first-order valence-corrected chi connectivity index (χ1v) is 7.50. The van der Waals surface area contributed by atoms with Crippen molar-refractivity contribution < 1.29 is 18.9 Å². The second-order valence-electron chi connectivity index (χ2n) is 5.65. The number of carbonyl (C=O) groups excluding carboxylic acids is 2. The van der Waals surface area contributed by atoms with Crippen LogP contribution in [0.25, 0.3) is 0 Å². The normalized spacial score (nSPS) is 12.1. The predicted octanol–water partition coefficient (Wildman–Crippen LogP) is 0.218. The van der Waals surface area contributed by atoms with Crippen molar-refractivity contribution in [2.75, 3.05) is 31.6 Å². The van der Waals surface area contributed by atoms with Gasteiger partial charge in [-0.3, -0.25) is 9.59 Å². The molecule has 0 spiro atoms. The van der Waals surface area contributed by atoms with E-state index in [0.29, 0.717) is 12.2 Å². The number of hydrogen-bond donors (Lipinski definition) is 2. The van der Waals surface area contributed by atoms with Gasteiger partial charge < -0.3 is 15.1 Å². The number of anilines is 1. The van der Waals surface area contributed by atoms with Crippen molar-refractivity contribution in [3.05, 3.63) is 30.1 Å². The second kappa shape index (κ2) is 8.48. The number of halogens is 1. The first-order chi connectivity index (χ1) is 10.3. The van der Waals surface area contributed by atoms with Gasteiger partial charge in [-0.25, -0.2) is 4.39 Å². The standard InChI is InChI=1S/C16H24FN3O2/c1-5-20(14-8-6-13(17)7-9-14)16(22)11-19(4)10-15(21)18-12(2)3/h6-9,12H,5,10-11H2,1-4H3,(H,18,21)/p+1. The van der Waals surface area contributed by atoms with Gasteiger partial charge in [0.2, 0.25) is 0 Å². The Morgan fingerprint density at radius 2 is 1.82 bits per heavy atom. The molecule has 0 heterocycles. The fraction of sp³-hybridized carbons (Fsp3) is 0.500. The predicted molar refractivity (Wildman–Crippen MR) is 84.3 cm³/mol. The fourth-order valence-electron chi connectivity index (χ4n) is 2.19. The number of amides is 2. The van der Waals surface area contributed by atoms with Gasteiger partial charge in [0.05, 0.1) is 7.05 Å². The van der Waals surface area contributed by atoms with Crippen molar-refractivity contribution in [3.8, 4) is 0 Å². The molecule has 0 fully saturated rings. The molecule has 1 aromatic carbocycles. The molecule has 6 heteroatoms. The van der Waals surface area contributed by atoms with Crippen molar-refractivity contribution >= 4 is 17.5 Å². The lowest BCUT2D eigenvalue weighted by Gasteiger charge is -2.23. The number of likely N-dealkylation sites (N-methyl/N-ethyl adjacent to an activating group) is 2. The third kappa shape index (κ3) is 5.81. The fourth-order valence-corrected chi connectivity index (χ4v) is 2.19. The maximum Gasteiger partial charge on any atom is 0.282 e. The van der Waals surface area contributed by atoms with Crippen LogP contribution in [-0.2, 0) is 9.59 Å². The Morgan fingerprint density at radius 3 is 2.32 bits per heavy atom. The van der Waals surface area contributed by atoms with Gasteiger partial charge in [0.25, 0.3) is 11.8 Å². The number of hydrogen-bond acceptors (Lipinski definition) is 2. The van der Waals surface area contributed by atoms with E-state index in [-0.39, 0.29) is 36.8 Å². The van der Waals surface area contributed by atoms with Crippen molar-refractivity contribution in [1.82, 2.24) is 5.32 Å². The zero-order chi connectivity index (χ0) is 16.7. The number of nitrogens with one attached hydrogen (secondary N) is 2. The lowest BCUT2D eigenvalue weighted by atomic mass is 10.2. The molecule has 0 aliphatic heterocycles. The summed E-state index contributed by atoms with van der Waals surface area (Å²) in [6.07, 6.45) is 0. The van der Waals surface area contributed by atoms with E-state index in [0.717, 1.165) is 4.90 Å². The summed E-state index contributed by atoms with van der Waals surface area (Å²) >= 11 is 0. The Labute approximate surface area is 131 Å². The molecule has 1 unspecified atom stereocenters. The first-order valence-electron chi connectivity index (χ1n) is 7.50. The lowest BCUT2D eigenvalue weighted by molar-refractivity contribution is -0.862. The second-order valence-corrected chi connectivity index (χ2v) is 5.65. The average Bonchev–Trinajstić information content (AvgIpc) is 2.40. The lowest BCUT2D eigenvalue weighted by Crippen LogP contribution is -3.11. The van der Waals surface area contributed by atoms with Gasteiger partial charge in [-0.15, -0.1) is 0 Å². The minimum absolute atomic E-state index is 0.0786. The molecule has 2 N–H and O–H groups in total. The van der Waals surface area contributed by atoms with Crippen LogP contribution in [0.2, 0.25) is 0 Å². The third-order valence-corrected chi connectivity index (χ3v) is 3.12. The average molecular weight is 310 g/mol. The highest BCUT2D eigenvalue weighted by atomic mass is 19.1. The molecule has 1 atom stereocenters. The van der Waals surface area contributed by atoms with Crippen LogP contribution in [-0.4, -0.2) is 44.5 Å². The van der Waals surface area contributed by atoms with E-state index in [2.05, 4.69) is 5.32 Å². The highest BCUT2D eigenvalue weighted by Gasteiger charge is 2.20. The van der Waals surface area contributed by atoms with E-state index in [4.69, 9.17) is 0 Å². The van der Waals surface area contributed by atoms with Crippen molar-refractivity contribution in [3.63, 3.8) is 0 Å². The molecule has 0 saturated heterocycles. The largest absolute Gasteiger partial charge is 0.349 e. The third-order valence-electron chi connectivity index (χ3n) is 3.12. The molecule has 0 saturated carbocycles. The summed E-state index contributed by atoms with van der Waals surface area (Å²) in [6, 6.07) is 5.91. The molecule has 1 aromatic rings. The number of rotatable bonds is 7. The summed E-state index contributed by atoms with van der Waals surface area (Å²) in [5.41, 5.74) is 0.660. The van der Waals surface area contributed by atoms with Crippen LogP contribution in [0.5, 0.6) is 0 Å². The van der Waals surface area contributed by atoms with E-state index < -0.39 is 0 Å². The topological polar surface area (TPSA) is 53.9 Å². The van der Waals surface area contributed by atoms with Crippen molar-refractivity contribution in [1.29, 1.82) is 0 Å². The Balaban J connectivity index is 2.61. The molecule has 1 rings (SSSR count). The van der Waals surface area contributed by atoms with Crippen LogP contribution in [0.3, 0.4) is 0 Å². The van der Waals surface area contributed by atoms with E-state index in [1.807, 2.05) is 20.8 Å². The molecular weight excluding hydrogens is 285 g/mol. The monoisotopic (exact) mass is 310 g/mol. The van der Waals surface area contributed by atoms with Crippen LogP contribution in [0.4, 0.5) is 10.1 Å². The van der Waals surface area contributed by atoms with Gasteiger partial charge in [-0.1, -0.05) is 0 Å². The van der Waals surface area contributed by atoms with Gasteiger partial charge in [-0.2, -0.15) is 0 Å². The summed E-state index contributed by atoms with van der Waals surface area (Å²) < 4.78 is 13.0. The van der Waals surface area contributed by atoms with Crippen molar-refractivity contribution in [2.45, 2.75) is 26.8 Å². The van der Waals surface area contributed by atoms with Gasteiger partial charge in [0, 0.05) is 18.3 Å². The molecule has 5 nitrogen and oxygen atoms in total. The Morgan fingerprint density at radius 1 is 1.23 bits per heavy atom. The molecular formula is C16H25FN3O2+. The van der Waals surface area contributed by atoms with E-state index in [1.54, 1.807) is 24.1 Å². The van der Waals surface area contributed by atoms with Gasteiger partial charge in [0.15, 0.2) is 13.1 Å². The summed E-state index contributed by atoms with van der Waals surface area (Å²) in [4.78, 5) is 26.4. The number of quaternary nitrogens is 1. The quantitative estimate of drug-likeness (QED) is 0.757. The number of nitrogens with zero attached hydrogens (tertiary/aromatic N) is 1. The molecule has 0 aliphatic rings. The molecule has 2 amide bonds. The van der Waals surface area contributed by atoms with Gasteiger partial charge >= 0.3 is 0 Å². The molecule has 22 heavy (non-hydrogen) atoms. The van der Waals surface area contributed by atoms with E-state index in [1.165, 1.54) is 12.1 Å². The molecule has 0 aliphatic carbocycles. The summed E-state index contributed by atoms with van der Waals surface area (Å²) in [7, 11) is 1.80. The zero-order valence-electron chi connectivity index (χ0n) is 13.6. The summed E-state index contributed by atoms with van der Waals surface area (Å²) in [5, 5.41) is 2.80. The van der Waals surface area contributed by atoms with Crippen LogP contribution in [0.1, 0.15) is 20.8 Å². The minimum atomic E-state index is -0.333. The maximum absolute atomic E-state index is 13.0. The first kappa shape index (κ1) is 18.1. The summed E-state index contributed by atoms with van der Waals surface area (Å²) in [5.74, 6) is -0.505. The van der Waals surface area contributed by atoms with Gasteiger partial charge in [-0.05, 0) is 45.0 Å². The molecule has 0 bridgehead atoms. The Kier molecular flexibility index (Phi) is 6.98. The molecule has 0 aromatic heterocycles. The summed E-state index contributed by atoms with van der Waals surface area (Å²) in [6.45, 7) is 6.59. The smallest absolute Gasteiger partial charge is 0.282 e. The molecule has 122 valence electrons. The Hall–Kier alpha value is -1.95. The number of benzene rings is 1. The maximum atomic E-state index is 13.0. The SMILES string of the molecule is CCN(C(=O)C[NH+](C)CC(=O)NC(C)C)c1ccc(F)cc1.